The van der Waals surface area contributed by atoms with Crippen LogP contribution in [0.3, 0.4) is 0 Å². The molecular formula is C30H40N2O4. The van der Waals surface area contributed by atoms with Gasteiger partial charge in [0.15, 0.2) is 0 Å². The molecule has 2 atom stereocenters. The zero-order valence-corrected chi connectivity index (χ0v) is 21.3. The number of rotatable bonds is 9. The molecule has 2 aromatic carbocycles. The molecule has 0 aromatic heterocycles. The minimum absolute atomic E-state index is 0.00357. The number of hydrogen-bond donors (Lipinski definition) is 2. The summed E-state index contributed by atoms with van der Waals surface area (Å²) in [6, 6.07) is 18.2. The van der Waals surface area contributed by atoms with E-state index in [1.807, 2.05) is 46.2 Å². The molecule has 2 saturated heterocycles. The molecule has 2 aromatic rings. The van der Waals surface area contributed by atoms with Gasteiger partial charge in [-0.2, -0.15) is 0 Å². The molecule has 0 saturated carbocycles. The van der Waals surface area contributed by atoms with Crippen molar-refractivity contribution >= 4 is 11.8 Å². The van der Waals surface area contributed by atoms with Crippen molar-refractivity contribution in [2.75, 3.05) is 26.2 Å². The first kappa shape index (κ1) is 26.4. The van der Waals surface area contributed by atoms with E-state index in [0.717, 1.165) is 64.7 Å². The standard InChI is InChI=1S/C30H40N2O4/c33-27(31-21-9-3-10-22-31)17-19-29(35,25-13-5-1-6-14-25)30(36,26-15-7-2-8-16-26)20-18-28(34)32-23-11-4-12-24-32/h1-2,5-8,13-16,35-36H,3-4,9-12,17-24H2/t29-,30+. The largest absolute Gasteiger partial charge is 0.382 e. The minimum atomic E-state index is -1.75. The van der Waals surface area contributed by atoms with Crippen LogP contribution < -0.4 is 0 Å². The second kappa shape index (κ2) is 12.0. The van der Waals surface area contributed by atoms with Crippen molar-refractivity contribution in [3.05, 3.63) is 71.8 Å². The smallest absolute Gasteiger partial charge is 0.222 e. The first-order valence-electron chi connectivity index (χ1n) is 13.6. The Balaban J connectivity index is 1.64. The van der Waals surface area contributed by atoms with E-state index in [-0.39, 0.29) is 37.5 Å². The Morgan fingerprint density at radius 1 is 0.583 bits per heavy atom. The Hall–Kier alpha value is -2.70. The van der Waals surface area contributed by atoms with E-state index >= 15 is 0 Å². The number of carbonyl (C=O) groups excluding carboxylic acids is 2. The third kappa shape index (κ3) is 5.81. The Morgan fingerprint density at radius 3 is 1.25 bits per heavy atom. The third-order valence-corrected chi connectivity index (χ3v) is 8.01. The summed E-state index contributed by atoms with van der Waals surface area (Å²) in [7, 11) is 0. The first-order valence-corrected chi connectivity index (χ1v) is 13.6. The number of carbonyl (C=O) groups is 2. The van der Waals surface area contributed by atoms with Crippen molar-refractivity contribution in [3.8, 4) is 0 Å². The molecule has 0 spiro atoms. The van der Waals surface area contributed by atoms with Crippen LogP contribution in [0.15, 0.2) is 60.7 Å². The van der Waals surface area contributed by atoms with Gasteiger partial charge < -0.3 is 20.0 Å². The zero-order valence-electron chi connectivity index (χ0n) is 21.3. The van der Waals surface area contributed by atoms with Gasteiger partial charge in [-0.25, -0.2) is 0 Å². The number of hydrogen-bond acceptors (Lipinski definition) is 4. The number of aliphatic hydroxyl groups is 2. The van der Waals surface area contributed by atoms with E-state index in [1.54, 1.807) is 24.3 Å². The highest BCUT2D eigenvalue weighted by molar-refractivity contribution is 5.77. The van der Waals surface area contributed by atoms with Gasteiger partial charge in [0.25, 0.3) is 0 Å². The van der Waals surface area contributed by atoms with Crippen LogP contribution in [0.25, 0.3) is 0 Å². The van der Waals surface area contributed by atoms with Gasteiger partial charge in [0.1, 0.15) is 11.2 Å². The van der Waals surface area contributed by atoms with Crippen LogP contribution in [0.5, 0.6) is 0 Å². The Morgan fingerprint density at radius 2 is 0.917 bits per heavy atom. The lowest BCUT2D eigenvalue weighted by Gasteiger charge is -2.45. The van der Waals surface area contributed by atoms with Crippen LogP contribution in [0.1, 0.15) is 75.3 Å². The van der Waals surface area contributed by atoms with Gasteiger partial charge in [-0.05, 0) is 62.5 Å². The molecule has 2 heterocycles. The summed E-state index contributed by atoms with van der Waals surface area (Å²) in [5.74, 6) is 0.00715. The van der Waals surface area contributed by atoms with Crippen molar-refractivity contribution in [1.82, 2.24) is 9.80 Å². The highest BCUT2D eigenvalue weighted by Crippen LogP contribution is 2.47. The third-order valence-electron chi connectivity index (χ3n) is 8.01. The van der Waals surface area contributed by atoms with E-state index in [4.69, 9.17) is 0 Å². The number of likely N-dealkylation sites (tertiary alicyclic amines) is 2. The number of piperidine rings is 2. The molecule has 6 heteroatoms. The van der Waals surface area contributed by atoms with Gasteiger partial charge in [0.2, 0.25) is 11.8 Å². The molecule has 2 fully saturated rings. The molecule has 0 bridgehead atoms. The Bertz CT molecular complexity index is 905. The van der Waals surface area contributed by atoms with E-state index in [9.17, 15) is 19.8 Å². The van der Waals surface area contributed by atoms with Crippen molar-refractivity contribution in [1.29, 1.82) is 0 Å². The maximum atomic E-state index is 13.1. The van der Waals surface area contributed by atoms with Gasteiger partial charge in [-0.1, -0.05) is 60.7 Å². The molecule has 2 amide bonds. The summed E-state index contributed by atoms with van der Waals surface area (Å²) in [5, 5.41) is 24.8. The minimum Gasteiger partial charge on any atom is -0.382 e. The lowest BCUT2D eigenvalue weighted by molar-refractivity contribution is -0.179. The van der Waals surface area contributed by atoms with Crippen LogP contribution in [0, 0.1) is 0 Å². The van der Waals surface area contributed by atoms with E-state index < -0.39 is 11.2 Å². The van der Waals surface area contributed by atoms with Crippen molar-refractivity contribution in [2.45, 2.75) is 75.4 Å². The summed E-state index contributed by atoms with van der Waals surface area (Å²) in [4.78, 5) is 29.9. The van der Waals surface area contributed by atoms with Crippen LogP contribution >= 0.6 is 0 Å². The quantitative estimate of drug-likeness (QED) is 0.545. The predicted molar refractivity (Wildman–Crippen MR) is 140 cm³/mol. The average molecular weight is 493 g/mol. The normalized spacial score (nSPS) is 19.8. The van der Waals surface area contributed by atoms with Gasteiger partial charge >= 0.3 is 0 Å². The van der Waals surface area contributed by atoms with Gasteiger partial charge in [0.05, 0.1) is 0 Å². The fraction of sp³-hybridized carbons (Fsp3) is 0.533. The summed E-state index contributed by atoms with van der Waals surface area (Å²) in [6.45, 7) is 2.98. The molecule has 194 valence electrons. The Labute approximate surface area is 214 Å². The van der Waals surface area contributed by atoms with Crippen molar-refractivity contribution in [2.24, 2.45) is 0 Å². The second-order valence-corrected chi connectivity index (χ2v) is 10.3. The zero-order chi connectivity index (χ0) is 25.4. The first-order chi connectivity index (χ1) is 17.4. The number of nitrogens with zero attached hydrogens (tertiary/aromatic N) is 2. The second-order valence-electron chi connectivity index (χ2n) is 10.3. The van der Waals surface area contributed by atoms with Gasteiger partial charge in [-0.3, -0.25) is 9.59 Å². The van der Waals surface area contributed by atoms with Crippen molar-refractivity contribution < 1.29 is 19.8 Å². The van der Waals surface area contributed by atoms with Gasteiger partial charge in [0, 0.05) is 39.0 Å². The fourth-order valence-corrected chi connectivity index (χ4v) is 5.79. The summed E-state index contributed by atoms with van der Waals surface area (Å²) < 4.78 is 0. The maximum Gasteiger partial charge on any atom is 0.222 e. The van der Waals surface area contributed by atoms with E-state index in [0.29, 0.717) is 11.1 Å². The maximum absolute atomic E-state index is 13.1. The molecular weight excluding hydrogens is 452 g/mol. The average Bonchev–Trinajstić information content (AvgIpc) is 2.96. The highest BCUT2D eigenvalue weighted by Gasteiger charge is 2.51. The molecule has 0 radical (unpaired) electrons. The van der Waals surface area contributed by atoms with Crippen LogP contribution in [0.2, 0.25) is 0 Å². The summed E-state index contributed by atoms with van der Waals surface area (Å²) >= 11 is 0. The summed E-state index contributed by atoms with van der Waals surface area (Å²) in [5.41, 5.74) is -2.40. The molecule has 36 heavy (non-hydrogen) atoms. The molecule has 2 N–H and O–H groups in total. The lowest BCUT2D eigenvalue weighted by Crippen LogP contribution is -2.51. The Kier molecular flexibility index (Phi) is 8.81. The molecule has 0 unspecified atom stereocenters. The predicted octanol–water partition coefficient (Wildman–Crippen LogP) is 4.35. The fourth-order valence-electron chi connectivity index (χ4n) is 5.79. The SMILES string of the molecule is O=C(CC[C@@](O)(c1ccccc1)[C@](O)(CCC(=O)N1CCCCC1)c1ccccc1)N1CCCCC1. The molecule has 6 nitrogen and oxygen atoms in total. The molecule has 0 aliphatic carbocycles. The van der Waals surface area contributed by atoms with E-state index in [2.05, 4.69) is 0 Å². The number of benzene rings is 2. The lowest BCUT2D eigenvalue weighted by atomic mass is 9.68. The van der Waals surface area contributed by atoms with Crippen LogP contribution in [-0.2, 0) is 20.8 Å². The monoisotopic (exact) mass is 492 g/mol. The van der Waals surface area contributed by atoms with Crippen molar-refractivity contribution in [3.63, 3.8) is 0 Å². The molecule has 2 aliphatic heterocycles. The van der Waals surface area contributed by atoms with Crippen LogP contribution in [0.4, 0.5) is 0 Å². The van der Waals surface area contributed by atoms with Gasteiger partial charge in [-0.15, -0.1) is 0 Å². The molecule has 2 aliphatic rings. The topological polar surface area (TPSA) is 81.1 Å². The number of amides is 2. The van der Waals surface area contributed by atoms with Crippen LogP contribution in [-0.4, -0.2) is 58.0 Å². The molecule has 4 rings (SSSR count). The summed E-state index contributed by atoms with van der Waals surface area (Å²) in [6.07, 6.45) is 6.66. The highest BCUT2D eigenvalue weighted by atomic mass is 16.4. The van der Waals surface area contributed by atoms with E-state index in [1.165, 1.54) is 0 Å².